The van der Waals surface area contributed by atoms with Crippen LogP contribution in [0.5, 0.6) is 0 Å². The lowest BCUT2D eigenvalue weighted by atomic mass is 9.89. The van der Waals surface area contributed by atoms with E-state index in [1.807, 2.05) is 6.92 Å². The fraction of sp³-hybridized carbons (Fsp3) is 0.632. The Morgan fingerprint density at radius 3 is 2.23 bits per heavy atom. The predicted molar refractivity (Wildman–Crippen MR) is 99.1 cm³/mol. The van der Waals surface area contributed by atoms with Gasteiger partial charge in [-0.25, -0.2) is 0 Å². The van der Waals surface area contributed by atoms with Crippen molar-refractivity contribution < 1.29 is 35.9 Å². The number of piperidine rings is 1. The standard InChI is InChI=1S/C19H23ClF6N2O2/c1-11(12-5-13(18(21,22)23)7-14(6-12)19(24,25)26)30-10-17(2)4-3-15(9-27-17)28-16(29)8-20/h5-7,11,15,27H,3-4,8-10H2,1-2H3,(H,28,29)/t11-,15+,17-/m1/s1. The Morgan fingerprint density at radius 2 is 1.80 bits per heavy atom. The summed E-state index contributed by atoms with van der Waals surface area (Å²) in [4.78, 5) is 11.4. The Hall–Kier alpha value is -1.52. The van der Waals surface area contributed by atoms with Crippen LogP contribution in [0, 0.1) is 0 Å². The maximum atomic E-state index is 13.0. The van der Waals surface area contributed by atoms with E-state index in [1.165, 1.54) is 6.92 Å². The van der Waals surface area contributed by atoms with Crippen molar-refractivity contribution in [2.24, 2.45) is 0 Å². The highest BCUT2D eigenvalue weighted by Gasteiger charge is 2.38. The zero-order valence-electron chi connectivity index (χ0n) is 16.4. The van der Waals surface area contributed by atoms with Gasteiger partial charge in [-0.3, -0.25) is 4.79 Å². The first-order valence-electron chi connectivity index (χ1n) is 9.25. The molecule has 0 bridgehead atoms. The van der Waals surface area contributed by atoms with Crippen molar-refractivity contribution >= 4 is 17.5 Å². The number of halogens is 7. The van der Waals surface area contributed by atoms with Gasteiger partial charge in [0.05, 0.1) is 23.8 Å². The van der Waals surface area contributed by atoms with Gasteiger partial charge in [-0.2, -0.15) is 26.3 Å². The van der Waals surface area contributed by atoms with E-state index >= 15 is 0 Å². The summed E-state index contributed by atoms with van der Waals surface area (Å²) in [5.41, 5.74) is -3.49. The van der Waals surface area contributed by atoms with Gasteiger partial charge >= 0.3 is 12.4 Å². The Kier molecular flexibility index (Phi) is 7.68. The van der Waals surface area contributed by atoms with Gasteiger partial charge in [-0.1, -0.05) is 0 Å². The summed E-state index contributed by atoms with van der Waals surface area (Å²) in [6, 6.07) is 1.33. The number of nitrogens with one attached hydrogen (secondary N) is 2. The monoisotopic (exact) mass is 460 g/mol. The summed E-state index contributed by atoms with van der Waals surface area (Å²) < 4.78 is 83.8. The fourth-order valence-electron chi connectivity index (χ4n) is 3.18. The topological polar surface area (TPSA) is 50.4 Å². The molecule has 1 fully saturated rings. The van der Waals surface area contributed by atoms with Crippen molar-refractivity contribution in [1.29, 1.82) is 0 Å². The van der Waals surface area contributed by atoms with Gasteiger partial charge in [0, 0.05) is 18.1 Å². The minimum atomic E-state index is -4.91. The summed E-state index contributed by atoms with van der Waals surface area (Å²) in [6.07, 6.45) is -9.58. The van der Waals surface area contributed by atoms with Crippen LogP contribution < -0.4 is 10.6 Å². The molecular formula is C19H23ClF6N2O2. The van der Waals surface area contributed by atoms with Crippen molar-refractivity contribution in [3.8, 4) is 0 Å². The van der Waals surface area contributed by atoms with Crippen LogP contribution in [0.1, 0.15) is 49.5 Å². The maximum Gasteiger partial charge on any atom is 0.416 e. The van der Waals surface area contributed by atoms with Gasteiger partial charge in [-0.15, -0.1) is 11.6 Å². The lowest BCUT2D eigenvalue weighted by Gasteiger charge is -2.39. The molecule has 1 heterocycles. The summed E-state index contributed by atoms with van der Waals surface area (Å²) in [6.45, 7) is 3.76. The molecule has 170 valence electrons. The largest absolute Gasteiger partial charge is 0.416 e. The third-order valence-corrected chi connectivity index (χ3v) is 5.28. The Morgan fingerprint density at radius 1 is 1.23 bits per heavy atom. The van der Waals surface area contributed by atoms with Crippen molar-refractivity contribution in [3.63, 3.8) is 0 Å². The molecule has 1 amide bonds. The van der Waals surface area contributed by atoms with Gasteiger partial charge in [0.15, 0.2) is 0 Å². The second kappa shape index (κ2) is 9.32. The molecule has 1 saturated heterocycles. The Bertz CT molecular complexity index is 713. The zero-order valence-corrected chi connectivity index (χ0v) is 17.1. The summed E-state index contributed by atoms with van der Waals surface area (Å²) in [5, 5.41) is 5.96. The van der Waals surface area contributed by atoms with E-state index in [-0.39, 0.29) is 36.1 Å². The second-order valence-electron chi connectivity index (χ2n) is 7.67. The minimum Gasteiger partial charge on any atom is -0.372 e. The molecular weight excluding hydrogens is 438 g/mol. The SMILES string of the molecule is C[C@@H](OC[C@@]1(C)CC[C@H](NC(=O)CCl)CN1)c1cc(C(F)(F)F)cc(C(F)(F)F)c1. The third kappa shape index (κ3) is 6.75. The number of carbonyl (C=O) groups excluding carboxylic acids is 1. The molecule has 0 saturated carbocycles. The molecule has 2 rings (SSSR count). The zero-order chi connectivity index (χ0) is 22.7. The molecule has 1 aromatic carbocycles. The molecule has 30 heavy (non-hydrogen) atoms. The normalized spacial score (nSPS) is 23.8. The first kappa shape index (κ1) is 24.7. The quantitative estimate of drug-likeness (QED) is 0.479. The predicted octanol–water partition coefficient (Wildman–Crippen LogP) is 4.67. The Balaban J connectivity index is 2.06. The molecule has 4 nitrogen and oxygen atoms in total. The lowest BCUT2D eigenvalue weighted by molar-refractivity contribution is -0.143. The third-order valence-electron chi connectivity index (χ3n) is 5.04. The number of hydrogen-bond acceptors (Lipinski definition) is 3. The number of alkyl halides is 7. The van der Waals surface area contributed by atoms with Crippen molar-refractivity contribution in [2.75, 3.05) is 19.0 Å². The Labute approximate surface area is 175 Å². The number of amides is 1. The number of carbonyl (C=O) groups is 1. The first-order chi connectivity index (χ1) is 13.7. The average Bonchev–Trinajstić information content (AvgIpc) is 2.66. The van der Waals surface area contributed by atoms with Crippen LogP contribution in [0.3, 0.4) is 0 Å². The van der Waals surface area contributed by atoms with E-state index in [9.17, 15) is 31.1 Å². The second-order valence-corrected chi connectivity index (χ2v) is 7.94. The number of hydrogen-bond donors (Lipinski definition) is 2. The van der Waals surface area contributed by atoms with Crippen LogP contribution in [-0.2, 0) is 21.9 Å². The van der Waals surface area contributed by atoms with Gasteiger partial charge in [0.25, 0.3) is 0 Å². The van der Waals surface area contributed by atoms with E-state index in [1.54, 1.807) is 0 Å². The van der Waals surface area contributed by atoms with Crippen LogP contribution in [0.25, 0.3) is 0 Å². The lowest BCUT2D eigenvalue weighted by Crippen LogP contribution is -2.57. The summed E-state index contributed by atoms with van der Waals surface area (Å²) >= 11 is 5.46. The van der Waals surface area contributed by atoms with Crippen LogP contribution >= 0.6 is 11.6 Å². The molecule has 0 spiro atoms. The van der Waals surface area contributed by atoms with Crippen LogP contribution in [-0.4, -0.2) is 36.5 Å². The van der Waals surface area contributed by atoms with Gasteiger partial charge in [0.1, 0.15) is 5.88 Å². The summed E-state index contributed by atoms with van der Waals surface area (Å²) in [5.74, 6) is -0.437. The highest BCUT2D eigenvalue weighted by Crippen LogP contribution is 2.38. The fourth-order valence-corrected chi connectivity index (χ4v) is 3.26. The number of benzene rings is 1. The highest BCUT2D eigenvalue weighted by atomic mass is 35.5. The molecule has 1 aromatic rings. The molecule has 0 unspecified atom stereocenters. The van der Waals surface area contributed by atoms with E-state index < -0.39 is 35.1 Å². The molecule has 3 atom stereocenters. The van der Waals surface area contributed by atoms with Crippen molar-refractivity contribution in [1.82, 2.24) is 10.6 Å². The van der Waals surface area contributed by atoms with Crippen LogP contribution in [0.15, 0.2) is 18.2 Å². The number of rotatable bonds is 6. The molecule has 0 aliphatic carbocycles. The highest BCUT2D eigenvalue weighted by molar-refractivity contribution is 6.27. The van der Waals surface area contributed by atoms with Gasteiger partial charge in [-0.05, 0) is 50.5 Å². The smallest absolute Gasteiger partial charge is 0.372 e. The number of ether oxygens (including phenoxy) is 1. The van der Waals surface area contributed by atoms with Crippen molar-refractivity contribution in [3.05, 3.63) is 34.9 Å². The molecule has 0 aromatic heterocycles. The minimum absolute atomic E-state index is 0.0714. The average molecular weight is 461 g/mol. The van der Waals surface area contributed by atoms with E-state index in [0.29, 0.717) is 31.5 Å². The molecule has 1 aliphatic rings. The van der Waals surface area contributed by atoms with E-state index in [4.69, 9.17) is 16.3 Å². The summed E-state index contributed by atoms with van der Waals surface area (Å²) in [7, 11) is 0. The molecule has 11 heteroatoms. The molecule has 2 N–H and O–H groups in total. The van der Waals surface area contributed by atoms with E-state index in [2.05, 4.69) is 10.6 Å². The van der Waals surface area contributed by atoms with Gasteiger partial charge in [0.2, 0.25) is 5.91 Å². The van der Waals surface area contributed by atoms with E-state index in [0.717, 1.165) is 0 Å². The van der Waals surface area contributed by atoms with Gasteiger partial charge < -0.3 is 15.4 Å². The first-order valence-corrected chi connectivity index (χ1v) is 9.78. The van der Waals surface area contributed by atoms with Crippen molar-refractivity contribution in [2.45, 2.75) is 56.7 Å². The van der Waals surface area contributed by atoms with Crippen LogP contribution in [0.4, 0.5) is 26.3 Å². The van der Waals surface area contributed by atoms with Crippen LogP contribution in [0.2, 0.25) is 0 Å². The molecule has 0 radical (unpaired) electrons. The maximum absolute atomic E-state index is 13.0. The molecule has 1 aliphatic heterocycles.